The van der Waals surface area contributed by atoms with E-state index in [1.807, 2.05) is 20.8 Å². The van der Waals surface area contributed by atoms with Crippen molar-refractivity contribution in [1.82, 2.24) is 5.32 Å². The SMILES string of the molecule is CCC(C)C(NC(=O)CCC(C)CCN)C(=O)O. The lowest BCUT2D eigenvalue weighted by molar-refractivity contribution is -0.143. The monoisotopic (exact) mass is 258 g/mol. The largest absolute Gasteiger partial charge is 0.480 e. The summed E-state index contributed by atoms with van der Waals surface area (Å²) in [4.78, 5) is 22.7. The topological polar surface area (TPSA) is 92.4 Å². The van der Waals surface area contributed by atoms with E-state index in [4.69, 9.17) is 10.8 Å². The van der Waals surface area contributed by atoms with Gasteiger partial charge >= 0.3 is 5.97 Å². The van der Waals surface area contributed by atoms with Crippen LogP contribution in [-0.4, -0.2) is 29.6 Å². The molecular weight excluding hydrogens is 232 g/mol. The minimum absolute atomic E-state index is 0.0621. The molecule has 3 unspecified atom stereocenters. The normalized spacial score (nSPS) is 15.8. The van der Waals surface area contributed by atoms with Crippen LogP contribution in [0.1, 0.15) is 46.5 Å². The smallest absolute Gasteiger partial charge is 0.326 e. The molecule has 0 radical (unpaired) electrons. The molecule has 0 aromatic carbocycles. The molecule has 1 amide bonds. The molecule has 0 saturated carbocycles. The summed E-state index contributed by atoms with van der Waals surface area (Å²) in [7, 11) is 0. The Morgan fingerprint density at radius 3 is 2.33 bits per heavy atom. The van der Waals surface area contributed by atoms with Crippen LogP contribution in [0, 0.1) is 11.8 Å². The number of hydrogen-bond donors (Lipinski definition) is 3. The Bertz CT molecular complexity index is 269. The number of carbonyl (C=O) groups is 2. The average molecular weight is 258 g/mol. The van der Waals surface area contributed by atoms with Crippen LogP contribution in [0.25, 0.3) is 0 Å². The summed E-state index contributed by atoms with van der Waals surface area (Å²) >= 11 is 0. The maximum absolute atomic E-state index is 11.7. The van der Waals surface area contributed by atoms with Gasteiger partial charge < -0.3 is 16.2 Å². The van der Waals surface area contributed by atoms with Crippen molar-refractivity contribution in [3.05, 3.63) is 0 Å². The highest BCUT2D eigenvalue weighted by Gasteiger charge is 2.25. The number of carbonyl (C=O) groups excluding carboxylic acids is 1. The first kappa shape index (κ1) is 16.9. The number of carboxylic acid groups (broad SMARTS) is 1. The second-order valence-electron chi connectivity index (χ2n) is 4.99. The summed E-state index contributed by atoms with van der Waals surface area (Å²) in [5.74, 6) is -0.820. The average Bonchev–Trinajstić information content (AvgIpc) is 2.32. The highest BCUT2D eigenvalue weighted by Crippen LogP contribution is 2.11. The van der Waals surface area contributed by atoms with Crippen LogP contribution in [0.3, 0.4) is 0 Å². The van der Waals surface area contributed by atoms with Crippen molar-refractivity contribution in [3.63, 3.8) is 0 Å². The van der Waals surface area contributed by atoms with Crippen LogP contribution >= 0.6 is 0 Å². The molecule has 0 fully saturated rings. The first-order valence-electron chi connectivity index (χ1n) is 6.64. The molecule has 3 atom stereocenters. The maximum Gasteiger partial charge on any atom is 0.326 e. The van der Waals surface area contributed by atoms with Crippen molar-refractivity contribution < 1.29 is 14.7 Å². The minimum atomic E-state index is -0.965. The summed E-state index contributed by atoms with van der Waals surface area (Å²) < 4.78 is 0. The number of nitrogens with one attached hydrogen (secondary N) is 1. The molecule has 18 heavy (non-hydrogen) atoms. The molecule has 0 aliphatic rings. The van der Waals surface area contributed by atoms with Crippen LogP contribution < -0.4 is 11.1 Å². The van der Waals surface area contributed by atoms with Gasteiger partial charge in [0.1, 0.15) is 6.04 Å². The second kappa shape index (κ2) is 8.91. The summed E-state index contributed by atoms with van der Waals surface area (Å²) in [5, 5.41) is 11.6. The zero-order chi connectivity index (χ0) is 14.1. The standard InChI is InChI=1S/C13H26N2O3/c1-4-10(3)12(13(17)18)15-11(16)6-5-9(2)7-8-14/h9-10,12H,4-8,14H2,1-3H3,(H,15,16)(H,17,18). The van der Waals surface area contributed by atoms with Crippen LogP contribution in [0.15, 0.2) is 0 Å². The molecule has 0 aliphatic carbocycles. The van der Waals surface area contributed by atoms with Gasteiger partial charge in [0.2, 0.25) is 5.91 Å². The van der Waals surface area contributed by atoms with Crippen LogP contribution in [0.2, 0.25) is 0 Å². The summed E-state index contributed by atoms with van der Waals surface area (Å²) in [5.41, 5.74) is 5.44. The van der Waals surface area contributed by atoms with Crippen molar-refractivity contribution in [3.8, 4) is 0 Å². The van der Waals surface area contributed by atoms with Gasteiger partial charge in [-0.1, -0.05) is 27.2 Å². The van der Waals surface area contributed by atoms with E-state index in [9.17, 15) is 9.59 Å². The summed E-state index contributed by atoms with van der Waals surface area (Å²) in [6, 6.07) is -0.785. The zero-order valence-corrected chi connectivity index (χ0v) is 11.6. The molecule has 0 saturated heterocycles. The van der Waals surface area contributed by atoms with Crippen LogP contribution in [-0.2, 0) is 9.59 Å². The van der Waals surface area contributed by atoms with Crippen molar-refractivity contribution in [2.24, 2.45) is 17.6 Å². The Morgan fingerprint density at radius 2 is 1.89 bits per heavy atom. The van der Waals surface area contributed by atoms with E-state index >= 15 is 0 Å². The first-order chi connectivity index (χ1) is 8.42. The highest BCUT2D eigenvalue weighted by molar-refractivity contribution is 5.83. The number of rotatable bonds is 9. The zero-order valence-electron chi connectivity index (χ0n) is 11.6. The Labute approximate surface area is 109 Å². The number of nitrogens with two attached hydrogens (primary N) is 1. The minimum Gasteiger partial charge on any atom is -0.480 e. The van der Waals surface area contributed by atoms with Gasteiger partial charge in [0, 0.05) is 6.42 Å². The van der Waals surface area contributed by atoms with Gasteiger partial charge in [-0.05, 0) is 31.2 Å². The molecule has 5 heteroatoms. The van der Waals surface area contributed by atoms with Gasteiger partial charge in [-0.3, -0.25) is 4.79 Å². The van der Waals surface area contributed by atoms with Gasteiger partial charge in [-0.15, -0.1) is 0 Å². The second-order valence-corrected chi connectivity index (χ2v) is 4.99. The first-order valence-corrected chi connectivity index (χ1v) is 6.64. The van der Waals surface area contributed by atoms with Gasteiger partial charge in [-0.2, -0.15) is 0 Å². The van der Waals surface area contributed by atoms with E-state index in [1.54, 1.807) is 0 Å². The Hall–Kier alpha value is -1.10. The Balaban J connectivity index is 4.14. The lowest BCUT2D eigenvalue weighted by Gasteiger charge is -2.20. The van der Waals surface area contributed by atoms with E-state index in [2.05, 4.69) is 5.32 Å². The number of aliphatic carboxylic acids is 1. The predicted octanol–water partition coefficient (Wildman–Crippen LogP) is 1.37. The van der Waals surface area contributed by atoms with E-state index in [0.717, 1.165) is 19.3 Å². The van der Waals surface area contributed by atoms with E-state index in [0.29, 0.717) is 18.9 Å². The molecule has 0 aliphatic heterocycles. The van der Waals surface area contributed by atoms with Crippen molar-refractivity contribution in [2.45, 2.75) is 52.5 Å². The lowest BCUT2D eigenvalue weighted by atomic mass is 9.98. The molecular formula is C13H26N2O3. The summed E-state index contributed by atoms with van der Waals surface area (Å²) in [6.07, 6.45) is 2.72. The molecule has 0 spiro atoms. The third kappa shape index (κ3) is 6.59. The molecule has 0 aromatic heterocycles. The van der Waals surface area contributed by atoms with E-state index in [1.165, 1.54) is 0 Å². The third-order valence-electron chi connectivity index (χ3n) is 3.32. The fourth-order valence-corrected chi connectivity index (χ4v) is 1.74. The van der Waals surface area contributed by atoms with Gasteiger partial charge in [0.15, 0.2) is 0 Å². The summed E-state index contributed by atoms with van der Waals surface area (Å²) in [6.45, 7) is 6.41. The number of carboxylic acids is 1. The predicted molar refractivity (Wildman–Crippen MR) is 71.1 cm³/mol. The molecule has 0 aromatic rings. The highest BCUT2D eigenvalue weighted by atomic mass is 16.4. The van der Waals surface area contributed by atoms with E-state index < -0.39 is 12.0 Å². The quantitative estimate of drug-likeness (QED) is 0.582. The molecule has 106 valence electrons. The van der Waals surface area contributed by atoms with Crippen LogP contribution in [0.4, 0.5) is 0 Å². The number of amides is 1. The van der Waals surface area contributed by atoms with Crippen molar-refractivity contribution in [2.75, 3.05) is 6.54 Å². The van der Waals surface area contributed by atoms with Crippen LogP contribution in [0.5, 0.6) is 0 Å². The van der Waals surface area contributed by atoms with Gasteiger partial charge in [0.05, 0.1) is 0 Å². The molecule has 5 nitrogen and oxygen atoms in total. The van der Waals surface area contributed by atoms with Gasteiger partial charge in [0.25, 0.3) is 0 Å². The Kier molecular flexibility index (Phi) is 8.37. The lowest BCUT2D eigenvalue weighted by Crippen LogP contribution is -2.45. The fraction of sp³-hybridized carbons (Fsp3) is 0.846. The third-order valence-corrected chi connectivity index (χ3v) is 3.32. The number of hydrogen-bond acceptors (Lipinski definition) is 3. The molecule has 0 rings (SSSR count). The fourth-order valence-electron chi connectivity index (χ4n) is 1.74. The van der Waals surface area contributed by atoms with Crippen molar-refractivity contribution in [1.29, 1.82) is 0 Å². The Morgan fingerprint density at radius 1 is 1.28 bits per heavy atom. The maximum atomic E-state index is 11.7. The van der Waals surface area contributed by atoms with Crippen molar-refractivity contribution >= 4 is 11.9 Å². The van der Waals surface area contributed by atoms with E-state index in [-0.39, 0.29) is 11.8 Å². The van der Waals surface area contributed by atoms with Gasteiger partial charge in [-0.25, -0.2) is 4.79 Å². The molecule has 4 N–H and O–H groups in total. The molecule has 0 heterocycles. The molecule has 0 bridgehead atoms.